The molecular formula is C13H17N3O5. The fourth-order valence-corrected chi connectivity index (χ4v) is 1.90. The number of aliphatic carboxylic acids is 1. The van der Waals surface area contributed by atoms with Crippen molar-refractivity contribution in [2.24, 2.45) is 0 Å². The monoisotopic (exact) mass is 295 g/mol. The summed E-state index contributed by atoms with van der Waals surface area (Å²) >= 11 is 0. The van der Waals surface area contributed by atoms with E-state index in [-0.39, 0.29) is 25.7 Å². The second-order valence-electron chi connectivity index (χ2n) is 4.84. The Morgan fingerprint density at radius 1 is 1.33 bits per heavy atom. The highest BCUT2D eigenvalue weighted by Crippen LogP contribution is 2.26. The maximum Gasteiger partial charge on any atom is 0.321 e. The zero-order valence-electron chi connectivity index (χ0n) is 11.4. The van der Waals surface area contributed by atoms with Crippen LogP contribution >= 0.6 is 0 Å². The minimum Gasteiger partial charge on any atom is -0.480 e. The highest BCUT2D eigenvalue weighted by molar-refractivity contribution is 5.95. The molecule has 1 heterocycles. The Morgan fingerprint density at radius 2 is 2.10 bits per heavy atom. The summed E-state index contributed by atoms with van der Waals surface area (Å²) in [6.45, 7) is -0.134. The van der Waals surface area contributed by atoms with Crippen LogP contribution in [0.25, 0.3) is 0 Å². The predicted molar refractivity (Wildman–Crippen MR) is 71.3 cm³/mol. The number of amides is 3. The van der Waals surface area contributed by atoms with Gasteiger partial charge in [-0.2, -0.15) is 0 Å². The number of furan rings is 1. The number of hydrogen-bond donors (Lipinski definition) is 3. The average molecular weight is 295 g/mol. The lowest BCUT2D eigenvalue weighted by molar-refractivity contribution is -0.138. The molecule has 1 aromatic rings. The van der Waals surface area contributed by atoms with E-state index in [9.17, 15) is 14.4 Å². The molecule has 0 aliphatic heterocycles. The SMILES string of the molecule is O=C(O)CN(CC(=O)NC(=O)NCc1ccco1)C1CC1. The minimum absolute atomic E-state index is 0.106. The van der Waals surface area contributed by atoms with E-state index in [4.69, 9.17) is 9.52 Å². The zero-order chi connectivity index (χ0) is 15.2. The molecule has 3 amide bonds. The van der Waals surface area contributed by atoms with Gasteiger partial charge >= 0.3 is 12.0 Å². The molecule has 0 unspecified atom stereocenters. The van der Waals surface area contributed by atoms with Crippen molar-refractivity contribution in [2.45, 2.75) is 25.4 Å². The number of nitrogens with zero attached hydrogens (tertiary/aromatic N) is 1. The fraction of sp³-hybridized carbons (Fsp3) is 0.462. The molecule has 0 saturated heterocycles. The zero-order valence-corrected chi connectivity index (χ0v) is 11.4. The van der Waals surface area contributed by atoms with Crippen LogP contribution in [0.4, 0.5) is 4.79 Å². The van der Waals surface area contributed by atoms with E-state index in [0.29, 0.717) is 5.76 Å². The van der Waals surface area contributed by atoms with Gasteiger partial charge in [-0.15, -0.1) is 0 Å². The molecule has 0 aromatic carbocycles. The van der Waals surface area contributed by atoms with E-state index >= 15 is 0 Å². The smallest absolute Gasteiger partial charge is 0.321 e. The van der Waals surface area contributed by atoms with Crippen molar-refractivity contribution in [2.75, 3.05) is 13.1 Å². The Kier molecular flexibility index (Phi) is 4.94. The lowest BCUT2D eigenvalue weighted by Crippen LogP contribution is -2.46. The van der Waals surface area contributed by atoms with Crippen molar-refractivity contribution in [1.29, 1.82) is 0 Å². The molecule has 1 fully saturated rings. The summed E-state index contributed by atoms with van der Waals surface area (Å²) in [5.74, 6) is -0.944. The van der Waals surface area contributed by atoms with Crippen LogP contribution in [0.3, 0.4) is 0 Å². The van der Waals surface area contributed by atoms with E-state index in [1.165, 1.54) is 6.26 Å². The second kappa shape index (κ2) is 6.89. The topological polar surface area (TPSA) is 112 Å². The van der Waals surface area contributed by atoms with Crippen molar-refractivity contribution in [3.8, 4) is 0 Å². The summed E-state index contributed by atoms with van der Waals surface area (Å²) < 4.78 is 5.04. The van der Waals surface area contributed by atoms with Crippen LogP contribution in [-0.4, -0.2) is 47.0 Å². The van der Waals surface area contributed by atoms with Gasteiger partial charge in [-0.3, -0.25) is 19.8 Å². The first-order valence-corrected chi connectivity index (χ1v) is 6.60. The van der Waals surface area contributed by atoms with Crippen LogP contribution in [0.15, 0.2) is 22.8 Å². The molecule has 2 rings (SSSR count). The van der Waals surface area contributed by atoms with Gasteiger partial charge in [0.25, 0.3) is 0 Å². The third kappa shape index (κ3) is 5.27. The van der Waals surface area contributed by atoms with Crippen LogP contribution in [0.1, 0.15) is 18.6 Å². The van der Waals surface area contributed by atoms with Crippen molar-refractivity contribution in [3.63, 3.8) is 0 Å². The Morgan fingerprint density at radius 3 is 2.67 bits per heavy atom. The van der Waals surface area contributed by atoms with Crippen LogP contribution in [0, 0.1) is 0 Å². The molecular weight excluding hydrogens is 278 g/mol. The number of carboxylic acids is 1. The van der Waals surface area contributed by atoms with Gasteiger partial charge in [-0.25, -0.2) is 4.79 Å². The summed E-state index contributed by atoms with van der Waals surface area (Å²) in [5.41, 5.74) is 0. The van der Waals surface area contributed by atoms with Crippen LogP contribution in [-0.2, 0) is 16.1 Å². The number of carbonyl (C=O) groups is 3. The normalized spacial score (nSPS) is 14.0. The molecule has 1 saturated carbocycles. The highest BCUT2D eigenvalue weighted by atomic mass is 16.4. The molecule has 0 bridgehead atoms. The fourth-order valence-electron chi connectivity index (χ4n) is 1.90. The summed E-state index contributed by atoms with van der Waals surface area (Å²) in [5, 5.41) is 13.4. The Balaban J connectivity index is 1.72. The number of carbonyl (C=O) groups excluding carboxylic acids is 2. The molecule has 0 atom stereocenters. The largest absolute Gasteiger partial charge is 0.480 e. The van der Waals surface area contributed by atoms with Crippen molar-refractivity contribution in [1.82, 2.24) is 15.5 Å². The quantitative estimate of drug-likeness (QED) is 0.660. The van der Waals surface area contributed by atoms with Crippen molar-refractivity contribution < 1.29 is 23.9 Å². The molecule has 3 N–H and O–H groups in total. The number of hydrogen-bond acceptors (Lipinski definition) is 5. The molecule has 1 aliphatic carbocycles. The predicted octanol–water partition coefficient (Wildman–Crippen LogP) is 0.154. The van der Waals surface area contributed by atoms with E-state index in [0.717, 1.165) is 12.8 Å². The highest BCUT2D eigenvalue weighted by Gasteiger charge is 2.31. The lowest BCUT2D eigenvalue weighted by atomic mass is 10.4. The first kappa shape index (κ1) is 15.0. The molecule has 1 aromatic heterocycles. The van der Waals surface area contributed by atoms with E-state index in [1.807, 2.05) is 0 Å². The Bertz CT molecular complexity index is 510. The summed E-state index contributed by atoms with van der Waals surface area (Å²) in [6, 6.07) is 2.88. The molecule has 0 spiro atoms. The molecule has 114 valence electrons. The number of nitrogens with one attached hydrogen (secondary N) is 2. The number of urea groups is 1. The third-order valence-corrected chi connectivity index (χ3v) is 3.00. The minimum atomic E-state index is -0.989. The molecule has 8 heteroatoms. The summed E-state index contributed by atoms with van der Waals surface area (Å²) in [6.07, 6.45) is 3.25. The van der Waals surface area contributed by atoms with Crippen LogP contribution < -0.4 is 10.6 Å². The standard InChI is InChI=1S/C13H17N3O5/c17-11(7-16(8-12(18)19)9-3-4-9)15-13(20)14-6-10-2-1-5-21-10/h1-2,5,9H,3-4,6-8H2,(H,18,19)(H2,14,15,17,20). The van der Waals surface area contributed by atoms with Gasteiger partial charge in [-0.05, 0) is 25.0 Å². The van der Waals surface area contributed by atoms with Crippen molar-refractivity contribution >= 4 is 17.9 Å². The van der Waals surface area contributed by atoms with Crippen LogP contribution in [0.2, 0.25) is 0 Å². The Hall–Kier alpha value is -2.35. The first-order valence-electron chi connectivity index (χ1n) is 6.60. The first-order chi connectivity index (χ1) is 10.0. The summed E-state index contributed by atoms with van der Waals surface area (Å²) in [4.78, 5) is 35.5. The van der Waals surface area contributed by atoms with E-state index < -0.39 is 17.9 Å². The number of imide groups is 1. The van der Waals surface area contributed by atoms with E-state index in [2.05, 4.69) is 10.6 Å². The lowest BCUT2D eigenvalue weighted by Gasteiger charge is -2.18. The molecule has 0 radical (unpaired) electrons. The maximum absolute atomic E-state index is 11.7. The molecule has 8 nitrogen and oxygen atoms in total. The van der Waals surface area contributed by atoms with Gasteiger partial charge in [0.2, 0.25) is 5.91 Å². The number of carboxylic acid groups (broad SMARTS) is 1. The van der Waals surface area contributed by atoms with Crippen LogP contribution in [0.5, 0.6) is 0 Å². The van der Waals surface area contributed by atoms with Gasteiger partial charge in [0.1, 0.15) is 5.76 Å². The van der Waals surface area contributed by atoms with Gasteiger partial charge in [0.05, 0.1) is 25.9 Å². The van der Waals surface area contributed by atoms with Crippen molar-refractivity contribution in [3.05, 3.63) is 24.2 Å². The molecule has 21 heavy (non-hydrogen) atoms. The maximum atomic E-state index is 11.7. The van der Waals surface area contributed by atoms with Gasteiger partial charge in [-0.1, -0.05) is 0 Å². The van der Waals surface area contributed by atoms with Gasteiger partial charge in [0.15, 0.2) is 0 Å². The average Bonchev–Trinajstić information content (AvgIpc) is 3.12. The number of rotatable bonds is 7. The Labute approximate surface area is 121 Å². The third-order valence-electron chi connectivity index (χ3n) is 3.00. The second-order valence-corrected chi connectivity index (χ2v) is 4.84. The summed E-state index contributed by atoms with van der Waals surface area (Å²) in [7, 11) is 0. The van der Waals surface area contributed by atoms with Gasteiger partial charge < -0.3 is 14.8 Å². The van der Waals surface area contributed by atoms with Gasteiger partial charge in [0, 0.05) is 6.04 Å². The molecule has 1 aliphatic rings. The van der Waals surface area contributed by atoms with E-state index in [1.54, 1.807) is 17.0 Å².